The van der Waals surface area contributed by atoms with Crippen LogP contribution >= 0.6 is 11.8 Å². The summed E-state index contributed by atoms with van der Waals surface area (Å²) < 4.78 is 0.229. The van der Waals surface area contributed by atoms with Crippen molar-refractivity contribution in [1.29, 1.82) is 0 Å². The lowest BCUT2D eigenvalue weighted by Gasteiger charge is -2.13. The van der Waals surface area contributed by atoms with E-state index in [0.29, 0.717) is 0 Å². The largest absolute Gasteiger partial charge is 0.378 e. The lowest BCUT2D eigenvalue weighted by atomic mass is 10.1. The summed E-state index contributed by atoms with van der Waals surface area (Å²) >= 11 is 1.72. The minimum atomic E-state index is -0.892. The van der Waals surface area contributed by atoms with Crippen LogP contribution in [0.25, 0.3) is 0 Å². The Morgan fingerprint density at radius 3 is 2.08 bits per heavy atom. The zero-order valence-corrected chi connectivity index (χ0v) is 9.83. The van der Waals surface area contributed by atoms with E-state index in [1.165, 1.54) is 0 Å². The molecule has 0 aromatic rings. The van der Waals surface area contributed by atoms with Crippen molar-refractivity contribution in [1.82, 2.24) is 0 Å². The maximum atomic E-state index is 9.26. The Labute approximate surface area is 85.6 Å². The molecule has 0 saturated carbocycles. The number of allylic oxidation sites excluding steroid dienone is 1. The molecule has 0 fully saturated rings. The zero-order chi connectivity index (χ0) is 10.5. The van der Waals surface area contributed by atoms with Crippen LogP contribution < -0.4 is 0 Å². The molecule has 13 heavy (non-hydrogen) atoms. The van der Waals surface area contributed by atoms with E-state index in [1.807, 2.05) is 5.41 Å². The van der Waals surface area contributed by atoms with E-state index < -0.39 is 5.60 Å². The van der Waals surface area contributed by atoms with E-state index in [1.54, 1.807) is 31.7 Å². The molecule has 0 aromatic carbocycles. The van der Waals surface area contributed by atoms with Crippen molar-refractivity contribution in [3.8, 4) is 11.8 Å². The van der Waals surface area contributed by atoms with E-state index in [2.05, 4.69) is 32.6 Å². The summed E-state index contributed by atoms with van der Waals surface area (Å²) in [6.45, 7) is 9.78. The lowest BCUT2D eigenvalue weighted by Crippen LogP contribution is -2.14. The Balaban J connectivity index is 3.95. The lowest BCUT2D eigenvalue weighted by molar-refractivity contribution is 0.143. The SMILES string of the molecule is CC(C)(O)C#C/C=C/SC(C)(C)C. The molecule has 0 rings (SSSR count). The molecule has 74 valence electrons. The van der Waals surface area contributed by atoms with Gasteiger partial charge in [0.05, 0.1) is 0 Å². The minimum Gasteiger partial charge on any atom is -0.378 e. The van der Waals surface area contributed by atoms with Crippen LogP contribution in [-0.2, 0) is 0 Å². The number of aliphatic hydroxyl groups is 1. The normalized spacial score (nSPS) is 12.8. The summed E-state index contributed by atoms with van der Waals surface area (Å²) in [4.78, 5) is 0. The predicted octanol–water partition coefficient (Wildman–Crippen LogP) is 2.81. The molecule has 0 aliphatic carbocycles. The molecule has 1 N–H and O–H groups in total. The van der Waals surface area contributed by atoms with Gasteiger partial charge in [0.25, 0.3) is 0 Å². The summed E-state index contributed by atoms with van der Waals surface area (Å²) in [6.07, 6.45) is 1.77. The highest BCUT2D eigenvalue weighted by Gasteiger charge is 2.07. The summed E-state index contributed by atoms with van der Waals surface area (Å²) in [5.41, 5.74) is -0.892. The standard InChI is InChI=1S/C11H18OS/c1-10(2,3)13-9-7-6-8-11(4,5)12/h7,9,12H,1-5H3/b9-7+. The van der Waals surface area contributed by atoms with Crippen molar-refractivity contribution in [2.45, 2.75) is 45.0 Å². The number of hydrogen-bond acceptors (Lipinski definition) is 2. The second kappa shape index (κ2) is 4.74. The molecule has 1 nitrogen and oxygen atoms in total. The highest BCUT2D eigenvalue weighted by atomic mass is 32.2. The first-order chi connectivity index (χ1) is 5.71. The van der Waals surface area contributed by atoms with Crippen LogP contribution in [0.3, 0.4) is 0 Å². The van der Waals surface area contributed by atoms with Gasteiger partial charge in [-0.3, -0.25) is 0 Å². The van der Waals surface area contributed by atoms with Gasteiger partial charge < -0.3 is 5.11 Å². The van der Waals surface area contributed by atoms with Crippen molar-refractivity contribution in [3.05, 3.63) is 11.5 Å². The molecule has 0 bridgehead atoms. The van der Waals surface area contributed by atoms with Crippen LogP contribution in [0.5, 0.6) is 0 Å². The van der Waals surface area contributed by atoms with Crippen molar-refractivity contribution in [2.24, 2.45) is 0 Å². The molecule has 0 atom stereocenters. The predicted molar refractivity (Wildman–Crippen MR) is 60.6 cm³/mol. The maximum absolute atomic E-state index is 9.26. The molecule has 0 aromatic heterocycles. The second-order valence-electron chi connectivity index (χ2n) is 4.36. The van der Waals surface area contributed by atoms with E-state index in [-0.39, 0.29) is 4.75 Å². The summed E-state index contributed by atoms with van der Waals surface area (Å²) in [6, 6.07) is 0. The highest BCUT2D eigenvalue weighted by Crippen LogP contribution is 2.23. The van der Waals surface area contributed by atoms with Gasteiger partial charge in [-0.25, -0.2) is 0 Å². The Bertz CT molecular complexity index is 230. The topological polar surface area (TPSA) is 20.2 Å². The monoisotopic (exact) mass is 198 g/mol. The van der Waals surface area contributed by atoms with E-state index in [0.717, 1.165) is 0 Å². The van der Waals surface area contributed by atoms with Gasteiger partial charge in [0, 0.05) is 4.75 Å². The third-order valence-electron chi connectivity index (χ3n) is 0.951. The van der Waals surface area contributed by atoms with Crippen LogP contribution in [0.1, 0.15) is 34.6 Å². The molecule has 0 saturated heterocycles. The highest BCUT2D eigenvalue weighted by molar-refractivity contribution is 8.03. The van der Waals surface area contributed by atoms with Gasteiger partial charge in [0.15, 0.2) is 0 Å². The fraction of sp³-hybridized carbons (Fsp3) is 0.636. The quantitative estimate of drug-likeness (QED) is 0.654. The Kier molecular flexibility index (Phi) is 4.60. The number of hydrogen-bond donors (Lipinski definition) is 1. The summed E-state index contributed by atoms with van der Waals surface area (Å²) in [5, 5.41) is 11.2. The number of rotatable bonds is 1. The average molecular weight is 198 g/mol. The zero-order valence-electron chi connectivity index (χ0n) is 9.01. The van der Waals surface area contributed by atoms with Gasteiger partial charge in [-0.05, 0) is 25.3 Å². The van der Waals surface area contributed by atoms with Crippen molar-refractivity contribution in [3.63, 3.8) is 0 Å². The van der Waals surface area contributed by atoms with Gasteiger partial charge in [-0.15, -0.1) is 11.8 Å². The van der Waals surface area contributed by atoms with Gasteiger partial charge in [0.2, 0.25) is 0 Å². The first-order valence-electron chi connectivity index (χ1n) is 4.29. The van der Waals surface area contributed by atoms with Crippen LogP contribution in [0.4, 0.5) is 0 Å². The summed E-state index contributed by atoms with van der Waals surface area (Å²) in [5.74, 6) is 5.51. The molecule has 0 aliphatic rings. The maximum Gasteiger partial charge on any atom is 0.120 e. The van der Waals surface area contributed by atoms with E-state index >= 15 is 0 Å². The Morgan fingerprint density at radius 1 is 1.15 bits per heavy atom. The average Bonchev–Trinajstić information content (AvgIpc) is 1.81. The molecule has 2 heteroatoms. The van der Waals surface area contributed by atoms with Gasteiger partial charge in [0.1, 0.15) is 5.60 Å². The number of thioether (sulfide) groups is 1. The fourth-order valence-electron chi connectivity index (χ4n) is 0.490. The summed E-state index contributed by atoms with van der Waals surface area (Å²) in [7, 11) is 0. The molecule has 0 spiro atoms. The molecule has 0 amide bonds. The van der Waals surface area contributed by atoms with Crippen LogP contribution in [0.15, 0.2) is 11.5 Å². The third-order valence-corrected chi connectivity index (χ3v) is 1.93. The van der Waals surface area contributed by atoms with Crippen molar-refractivity contribution in [2.75, 3.05) is 0 Å². The van der Waals surface area contributed by atoms with Gasteiger partial charge in [-0.2, -0.15) is 0 Å². The van der Waals surface area contributed by atoms with Crippen LogP contribution in [0.2, 0.25) is 0 Å². The Hall–Kier alpha value is -0.390. The molecule has 0 unspecified atom stereocenters. The molecular weight excluding hydrogens is 180 g/mol. The molecule has 0 radical (unpaired) electrons. The first kappa shape index (κ1) is 12.6. The Morgan fingerprint density at radius 2 is 1.69 bits per heavy atom. The molecule has 0 heterocycles. The van der Waals surface area contributed by atoms with Crippen molar-refractivity contribution < 1.29 is 5.11 Å². The first-order valence-corrected chi connectivity index (χ1v) is 5.17. The second-order valence-corrected chi connectivity index (χ2v) is 6.09. The van der Waals surface area contributed by atoms with Gasteiger partial charge in [-0.1, -0.05) is 32.6 Å². The molecular formula is C11H18OS. The molecule has 0 aliphatic heterocycles. The fourth-order valence-corrected chi connectivity index (χ4v) is 1.03. The van der Waals surface area contributed by atoms with Crippen LogP contribution in [-0.4, -0.2) is 15.5 Å². The van der Waals surface area contributed by atoms with Gasteiger partial charge >= 0.3 is 0 Å². The third kappa shape index (κ3) is 11.6. The van der Waals surface area contributed by atoms with Crippen LogP contribution in [0, 0.1) is 11.8 Å². The van der Waals surface area contributed by atoms with Crippen molar-refractivity contribution >= 4 is 11.8 Å². The van der Waals surface area contributed by atoms with E-state index in [4.69, 9.17) is 0 Å². The van der Waals surface area contributed by atoms with E-state index in [9.17, 15) is 5.11 Å². The minimum absolute atomic E-state index is 0.229. The smallest absolute Gasteiger partial charge is 0.120 e.